The molecule has 0 heterocycles. The zero-order chi connectivity index (χ0) is 21.6. The average molecular weight is 401 g/mol. The summed E-state index contributed by atoms with van der Waals surface area (Å²) in [4.78, 5) is 35.3. The summed E-state index contributed by atoms with van der Waals surface area (Å²) in [6.45, 7) is 3.16. The molecule has 0 aliphatic rings. The van der Waals surface area contributed by atoms with E-state index in [-0.39, 0.29) is 11.1 Å². The highest BCUT2D eigenvalue weighted by Crippen LogP contribution is 2.39. The Morgan fingerprint density at radius 1 is 1.14 bits per heavy atom. The van der Waals surface area contributed by atoms with Gasteiger partial charge in [-0.3, -0.25) is 10.1 Å². The molecule has 2 rings (SSSR count). The number of halogens is 1. The van der Waals surface area contributed by atoms with E-state index in [1.54, 1.807) is 32.0 Å². The molecule has 2 aromatic carbocycles. The molecule has 2 amide bonds. The molecule has 0 aliphatic heterocycles. The molecule has 0 aliphatic carbocycles. The number of aromatic hydroxyl groups is 1. The topological polar surface area (TPSA) is 113 Å². The van der Waals surface area contributed by atoms with Crippen molar-refractivity contribution in [1.29, 1.82) is 0 Å². The van der Waals surface area contributed by atoms with E-state index in [1.165, 1.54) is 24.3 Å². The van der Waals surface area contributed by atoms with Crippen LogP contribution in [0.3, 0.4) is 0 Å². The van der Waals surface area contributed by atoms with Crippen LogP contribution in [0.25, 0.3) is 0 Å². The normalized spacial score (nSPS) is 12.4. The fourth-order valence-corrected chi connectivity index (χ4v) is 2.60. The standard InChI is InChI=1S/C21H20FNO6/c1-21(2,11-10-17(25)26)18(14-8-9-16(24)15(22)12-14)29-20(28)23-19(27)13-6-4-3-5-7-13/h3-12,18,24H,1-2H3,(H,25,26)(H,23,27,28)/b11-10+/t18-/m1/s1. The van der Waals surface area contributed by atoms with Gasteiger partial charge in [-0.15, -0.1) is 0 Å². The van der Waals surface area contributed by atoms with Gasteiger partial charge in [-0.1, -0.05) is 44.2 Å². The Labute approximate surface area is 166 Å². The molecule has 1 atom stereocenters. The number of amides is 2. The molecule has 152 valence electrons. The number of imide groups is 1. The number of phenols is 1. The zero-order valence-electron chi connectivity index (χ0n) is 15.8. The molecular weight excluding hydrogens is 381 g/mol. The van der Waals surface area contributed by atoms with Crippen LogP contribution in [0.4, 0.5) is 9.18 Å². The number of carbonyl (C=O) groups excluding carboxylic acids is 2. The van der Waals surface area contributed by atoms with Gasteiger partial charge in [-0.25, -0.2) is 14.0 Å². The summed E-state index contributed by atoms with van der Waals surface area (Å²) in [5, 5.41) is 20.4. The summed E-state index contributed by atoms with van der Waals surface area (Å²) in [5.74, 6) is -3.42. The Balaban J connectivity index is 2.29. The van der Waals surface area contributed by atoms with E-state index in [0.717, 1.165) is 18.2 Å². The van der Waals surface area contributed by atoms with E-state index < -0.39 is 41.1 Å². The first-order chi connectivity index (χ1) is 13.6. The van der Waals surface area contributed by atoms with E-state index >= 15 is 0 Å². The van der Waals surface area contributed by atoms with Gasteiger partial charge in [0.05, 0.1) is 0 Å². The van der Waals surface area contributed by atoms with Gasteiger partial charge in [0.1, 0.15) is 6.10 Å². The van der Waals surface area contributed by atoms with Crippen LogP contribution in [0, 0.1) is 11.2 Å². The fraction of sp³-hybridized carbons (Fsp3) is 0.190. The summed E-state index contributed by atoms with van der Waals surface area (Å²) >= 11 is 0. The second-order valence-electron chi connectivity index (χ2n) is 6.81. The highest BCUT2D eigenvalue weighted by atomic mass is 19.1. The molecule has 0 saturated carbocycles. The molecule has 7 nitrogen and oxygen atoms in total. The van der Waals surface area contributed by atoms with E-state index in [2.05, 4.69) is 5.32 Å². The van der Waals surface area contributed by atoms with Gasteiger partial charge < -0.3 is 14.9 Å². The minimum absolute atomic E-state index is 0.169. The third-order valence-electron chi connectivity index (χ3n) is 4.08. The number of aliphatic carboxylic acids is 1. The molecule has 0 radical (unpaired) electrons. The number of ether oxygens (including phenoxy) is 1. The first-order valence-corrected chi connectivity index (χ1v) is 8.58. The Kier molecular flexibility index (Phi) is 6.71. The second kappa shape index (κ2) is 9.01. The number of hydrogen-bond acceptors (Lipinski definition) is 5. The first kappa shape index (κ1) is 21.6. The fourth-order valence-electron chi connectivity index (χ4n) is 2.60. The Bertz CT molecular complexity index is 939. The maximum Gasteiger partial charge on any atom is 0.414 e. The number of carboxylic acid groups (broad SMARTS) is 1. The average Bonchev–Trinajstić information content (AvgIpc) is 2.67. The molecule has 29 heavy (non-hydrogen) atoms. The number of carboxylic acids is 1. The van der Waals surface area contributed by atoms with Crippen LogP contribution >= 0.6 is 0 Å². The maximum atomic E-state index is 13.8. The van der Waals surface area contributed by atoms with Gasteiger partial charge in [0.15, 0.2) is 11.6 Å². The van der Waals surface area contributed by atoms with Crippen molar-refractivity contribution in [3.63, 3.8) is 0 Å². The number of carbonyl (C=O) groups is 3. The van der Waals surface area contributed by atoms with Crippen molar-refractivity contribution in [2.45, 2.75) is 20.0 Å². The monoisotopic (exact) mass is 401 g/mol. The quantitative estimate of drug-likeness (QED) is 0.635. The number of hydrogen-bond donors (Lipinski definition) is 3. The summed E-state index contributed by atoms with van der Waals surface area (Å²) in [6, 6.07) is 11.4. The molecule has 0 fully saturated rings. The van der Waals surface area contributed by atoms with Crippen molar-refractivity contribution >= 4 is 18.0 Å². The summed E-state index contributed by atoms with van der Waals surface area (Å²) in [5.41, 5.74) is -0.682. The lowest BCUT2D eigenvalue weighted by molar-refractivity contribution is -0.131. The lowest BCUT2D eigenvalue weighted by Crippen LogP contribution is -2.35. The molecule has 3 N–H and O–H groups in total. The third-order valence-corrected chi connectivity index (χ3v) is 4.08. The molecule has 0 bridgehead atoms. The van der Waals surface area contributed by atoms with Gasteiger partial charge in [0.2, 0.25) is 0 Å². The van der Waals surface area contributed by atoms with Crippen molar-refractivity contribution in [3.05, 3.63) is 77.6 Å². The molecule has 2 aromatic rings. The molecule has 0 unspecified atom stereocenters. The smallest absolute Gasteiger partial charge is 0.414 e. The number of nitrogens with one attached hydrogen (secondary N) is 1. The SMILES string of the molecule is CC(C)(/C=C/C(=O)O)[C@H](OC(=O)NC(=O)c1ccccc1)c1ccc(O)c(F)c1. The minimum atomic E-state index is -1.21. The molecule has 8 heteroatoms. The second-order valence-corrected chi connectivity index (χ2v) is 6.81. The van der Waals surface area contributed by atoms with E-state index in [1.807, 2.05) is 0 Å². The predicted molar refractivity (Wildman–Crippen MR) is 102 cm³/mol. The van der Waals surface area contributed by atoms with Crippen LogP contribution in [0.1, 0.15) is 35.9 Å². The van der Waals surface area contributed by atoms with Crippen LogP contribution < -0.4 is 5.32 Å². The Morgan fingerprint density at radius 3 is 2.38 bits per heavy atom. The summed E-state index contributed by atoms with van der Waals surface area (Å²) in [7, 11) is 0. The largest absolute Gasteiger partial charge is 0.505 e. The summed E-state index contributed by atoms with van der Waals surface area (Å²) < 4.78 is 19.2. The van der Waals surface area contributed by atoms with Crippen LogP contribution in [-0.4, -0.2) is 28.2 Å². The zero-order valence-corrected chi connectivity index (χ0v) is 15.8. The number of benzene rings is 2. The van der Waals surface area contributed by atoms with Crippen LogP contribution in [0.2, 0.25) is 0 Å². The highest BCUT2D eigenvalue weighted by Gasteiger charge is 2.33. The van der Waals surface area contributed by atoms with Crippen molar-refractivity contribution in [2.75, 3.05) is 0 Å². The van der Waals surface area contributed by atoms with Gasteiger partial charge >= 0.3 is 12.1 Å². The van der Waals surface area contributed by atoms with Crippen molar-refractivity contribution in [1.82, 2.24) is 5.32 Å². The van der Waals surface area contributed by atoms with Crippen LogP contribution in [0.15, 0.2) is 60.7 Å². The van der Waals surface area contributed by atoms with Gasteiger partial charge in [0, 0.05) is 17.1 Å². The lowest BCUT2D eigenvalue weighted by Gasteiger charge is -2.31. The Morgan fingerprint density at radius 2 is 1.79 bits per heavy atom. The molecule has 0 aromatic heterocycles. The van der Waals surface area contributed by atoms with Gasteiger partial charge in [-0.2, -0.15) is 0 Å². The van der Waals surface area contributed by atoms with E-state index in [9.17, 15) is 23.9 Å². The molecule has 0 saturated heterocycles. The van der Waals surface area contributed by atoms with Gasteiger partial charge in [-0.05, 0) is 29.8 Å². The first-order valence-electron chi connectivity index (χ1n) is 8.58. The summed E-state index contributed by atoms with van der Waals surface area (Å²) in [6.07, 6.45) is -0.0806. The number of alkyl carbamates (subject to hydrolysis) is 1. The van der Waals surface area contributed by atoms with Crippen LogP contribution in [0.5, 0.6) is 5.75 Å². The molecule has 0 spiro atoms. The van der Waals surface area contributed by atoms with E-state index in [0.29, 0.717) is 0 Å². The predicted octanol–water partition coefficient (Wildman–Crippen LogP) is 3.81. The van der Waals surface area contributed by atoms with E-state index in [4.69, 9.17) is 9.84 Å². The number of rotatable bonds is 6. The minimum Gasteiger partial charge on any atom is -0.505 e. The lowest BCUT2D eigenvalue weighted by atomic mass is 9.82. The van der Waals surface area contributed by atoms with Crippen molar-refractivity contribution in [3.8, 4) is 5.75 Å². The third kappa shape index (κ3) is 5.90. The van der Waals surface area contributed by atoms with Crippen LogP contribution in [-0.2, 0) is 9.53 Å². The maximum absolute atomic E-state index is 13.8. The van der Waals surface area contributed by atoms with Crippen molar-refractivity contribution < 1.29 is 33.7 Å². The molecular formula is C21H20FNO6. The van der Waals surface area contributed by atoms with Gasteiger partial charge in [0.25, 0.3) is 5.91 Å². The highest BCUT2D eigenvalue weighted by molar-refractivity contribution is 6.02. The number of phenolic OH excluding ortho intramolecular Hbond substituents is 1. The Hall–Kier alpha value is -3.68. The van der Waals surface area contributed by atoms with Crippen molar-refractivity contribution in [2.24, 2.45) is 5.41 Å².